The summed E-state index contributed by atoms with van der Waals surface area (Å²) < 4.78 is 39.8. The van der Waals surface area contributed by atoms with Gasteiger partial charge in [0.15, 0.2) is 5.69 Å². The van der Waals surface area contributed by atoms with Crippen LogP contribution < -0.4 is 10.6 Å². The third kappa shape index (κ3) is 6.09. The van der Waals surface area contributed by atoms with Crippen molar-refractivity contribution in [1.29, 1.82) is 0 Å². The second-order valence-electron chi connectivity index (χ2n) is 6.63. The highest BCUT2D eigenvalue weighted by molar-refractivity contribution is 5.65. The van der Waals surface area contributed by atoms with Crippen LogP contribution in [0.15, 0.2) is 24.3 Å². The van der Waals surface area contributed by atoms with Crippen molar-refractivity contribution in [2.24, 2.45) is 0 Å². The van der Waals surface area contributed by atoms with Gasteiger partial charge in [-0.1, -0.05) is 25.1 Å². The van der Waals surface area contributed by atoms with Gasteiger partial charge in [0, 0.05) is 18.3 Å². The van der Waals surface area contributed by atoms with Gasteiger partial charge in [0.1, 0.15) is 5.82 Å². The number of aromatic nitrogens is 2. The number of halogens is 3. The summed E-state index contributed by atoms with van der Waals surface area (Å²) >= 11 is 0. The van der Waals surface area contributed by atoms with Crippen LogP contribution >= 0.6 is 0 Å². The van der Waals surface area contributed by atoms with E-state index >= 15 is 0 Å². The van der Waals surface area contributed by atoms with Crippen molar-refractivity contribution < 1.29 is 13.2 Å². The predicted molar refractivity (Wildman–Crippen MR) is 103 cm³/mol. The van der Waals surface area contributed by atoms with Crippen LogP contribution in [0.25, 0.3) is 0 Å². The van der Waals surface area contributed by atoms with Crippen molar-refractivity contribution in [3.8, 4) is 0 Å². The van der Waals surface area contributed by atoms with Crippen molar-refractivity contribution >= 4 is 17.5 Å². The van der Waals surface area contributed by atoms with Crippen molar-refractivity contribution in [2.45, 2.75) is 32.9 Å². The Bertz CT molecular complexity index is 759. The summed E-state index contributed by atoms with van der Waals surface area (Å²) in [6.07, 6.45) is -3.01. The zero-order chi connectivity index (χ0) is 20.0. The normalized spacial score (nSPS) is 11.7. The molecule has 1 aromatic heterocycles. The van der Waals surface area contributed by atoms with Crippen molar-refractivity contribution in [3.63, 3.8) is 0 Å². The molecule has 0 saturated heterocycles. The molecule has 27 heavy (non-hydrogen) atoms. The SMILES string of the molecule is CCc1cccc(C)c1Nc1cc(C(F)(F)F)nc(NCCCN(C)C)n1. The van der Waals surface area contributed by atoms with Crippen LogP contribution in [0.4, 0.5) is 30.6 Å². The molecule has 1 aromatic carbocycles. The van der Waals surface area contributed by atoms with Crippen LogP contribution in [0.2, 0.25) is 0 Å². The van der Waals surface area contributed by atoms with Gasteiger partial charge in [0.05, 0.1) is 0 Å². The van der Waals surface area contributed by atoms with E-state index in [4.69, 9.17) is 0 Å². The van der Waals surface area contributed by atoms with Gasteiger partial charge in [0.25, 0.3) is 0 Å². The predicted octanol–water partition coefficient (Wildman–Crippen LogP) is 4.47. The fraction of sp³-hybridized carbons (Fsp3) is 0.474. The maximum absolute atomic E-state index is 13.3. The zero-order valence-electron chi connectivity index (χ0n) is 16.1. The zero-order valence-corrected chi connectivity index (χ0v) is 16.1. The Labute approximate surface area is 158 Å². The lowest BCUT2D eigenvalue weighted by Crippen LogP contribution is -2.18. The monoisotopic (exact) mass is 381 g/mol. The molecule has 0 spiro atoms. The van der Waals surface area contributed by atoms with E-state index in [-0.39, 0.29) is 11.8 Å². The molecule has 0 bridgehead atoms. The third-order valence-electron chi connectivity index (χ3n) is 4.07. The van der Waals surface area contributed by atoms with Crippen LogP contribution in [0.1, 0.15) is 30.2 Å². The smallest absolute Gasteiger partial charge is 0.354 e. The van der Waals surface area contributed by atoms with Gasteiger partial charge in [-0.05, 0) is 51.5 Å². The first-order chi connectivity index (χ1) is 12.7. The summed E-state index contributed by atoms with van der Waals surface area (Å²) in [5.74, 6) is 0.0918. The Morgan fingerprint density at radius 1 is 1.15 bits per heavy atom. The number of para-hydroxylation sites is 1. The summed E-state index contributed by atoms with van der Waals surface area (Å²) in [4.78, 5) is 9.86. The molecule has 0 fully saturated rings. The van der Waals surface area contributed by atoms with E-state index in [1.165, 1.54) is 0 Å². The topological polar surface area (TPSA) is 53.1 Å². The lowest BCUT2D eigenvalue weighted by Gasteiger charge is -2.16. The Balaban J connectivity index is 2.29. The van der Waals surface area contributed by atoms with E-state index in [1.807, 2.05) is 51.0 Å². The molecule has 2 rings (SSSR count). The second kappa shape index (κ2) is 9.03. The van der Waals surface area contributed by atoms with E-state index < -0.39 is 11.9 Å². The Morgan fingerprint density at radius 3 is 2.52 bits per heavy atom. The molecular formula is C19H26F3N5. The van der Waals surface area contributed by atoms with Gasteiger partial charge in [0.2, 0.25) is 5.95 Å². The maximum atomic E-state index is 13.3. The lowest BCUT2D eigenvalue weighted by molar-refractivity contribution is -0.141. The molecular weight excluding hydrogens is 355 g/mol. The number of aryl methyl sites for hydroxylation is 2. The number of hydrogen-bond donors (Lipinski definition) is 2. The minimum Gasteiger partial charge on any atom is -0.354 e. The first-order valence-electron chi connectivity index (χ1n) is 8.91. The molecule has 5 nitrogen and oxygen atoms in total. The van der Waals surface area contributed by atoms with E-state index in [1.54, 1.807) is 0 Å². The molecule has 0 unspecified atom stereocenters. The molecule has 8 heteroatoms. The average molecular weight is 381 g/mol. The van der Waals surface area contributed by atoms with Gasteiger partial charge in [-0.2, -0.15) is 18.2 Å². The van der Waals surface area contributed by atoms with Crippen molar-refractivity contribution in [2.75, 3.05) is 37.8 Å². The van der Waals surface area contributed by atoms with Crippen LogP contribution in [-0.4, -0.2) is 42.1 Å². The number of anilines is 3. The minimum atomic E-state index is -4.54. The minimum absolute atomic E-state index is 0.0299. The fourth-order valence-electron chi connectivity index (χ4n) is 2.66. The van der Waals surface area contributed by atoms with Gasteiger partial charge in [-0.3, -0.25) is 0 Å². The molecule has 2 aromatic rings. The number of rotatable bonds is 8. The quantitative estimate of drug-likeness (QED) is 0.661. The summed E-state index contributed by atoms with van der Waals surface area (Å²) in [5, 5.41) is 5.95. The molecule has 0 aliphatic rings. The number of alkyl halides is 3. The van der Waals surface area contributed by atoms with E-state index in [9.17, 15) is 13.2 Å². The molecule has 0 aliphatic heterocycles. The fourth-order valence-corrected chi connectivity index (χ4v) is 2.66. The molecule has 0 saturated carbocycles. The van der Waals surface area contributed by atoms with E-state index in [0.29, 0.717) is 6.54 Å². The standard InChI is InChI=1S/C19H26F3N5/c1-5-14-9-6-8-13(2)17(14)25-16-12-15(19(20,21)22)24-18(26-16)23-10-7-11-27(3)4/h6,8-9,12H,5,7,10-11H2,1-4H3,(H2,23,24,25,26). The van der Waals surface area contributed by atoms with E-state index in [2.05, 4.69) is 20.6 Å². The number of nitrogens with zero attached hydrogens (tertiary/aromatic N) is 3. The third-order valence-corrected chi connectivity index (χ3v) is 4.07. The number of benzene rings is 1. The molecule has 0 amide bonds. The van der Waals surface area contributed by atoms with Crippen molar-refractivity contribution in [1.82, 2.24) is 14.9 Å². The molecule has 148 valence electrons. The van der Waals surface area contributed by atoms with Gasteiger partial charge in [-0.15, -0.1) is 0 Å². The van der Waals surface area contributed by atoms with Crippen LogP contribution in [0.5, 0.6) is 0 Å². The Hall–Kier alpha value is -2.35. The highest BCUT2D eigenvalue weighted by atomic mass is 19.4. The molecule has 2 N–H and O–H groups in total. The largest absolute Gasteiger partial charge is 0.433 e. The summed E-state index contributed by atoms with van der Waals surface area (Å²) in [7, 11) is 3.88. The maximum Gasteiger partial charge on any atom is 0.433 e. The molecule has 0 radical (unpaired) electrons. The summed E-state index contributed by atoms with van der Waals surface area (Å²) in [5.41, 5.74) is 1.77. The molecule has 0 atom stereocenters. The number of hydrogen-bond acceptors (Lipinski definition) is 5. The van der Waals surface area contributed by atoms with Gasteiger partial charge >= 0.3 is 6.18 Å². The highest BCUT2D eigenvalue weighted by Gasteiger charge is 2.33. The average Bonchev–Trinajstić information content (AvgIpc) is 2.59. The Morgan fingerprint density at radius 2 is 1.89 bits per heavy atom. The van der Waals surface area contributed by atoms with E-state index in [0.717, 1.165) is 42.3 Å². The molecule has 0 aliphatic carbocycles. The van der Waals surface area contributed by atoms with Crippen molar-refractivity contribution in [3.05, 3.63) is 41.1 Å². The first kappa shape index (κ1) is 21.0. The molecule has 1 heterocycles. The lowest BCUT2D eigenvalue weighted by atomic mass is 10.1. The van der Waals surface area contributed by atoms with Crippen LogP contribution in [0, 0.1) is 6.92 Å². The van der Waals surface area contributed by atoms with Crippen LogP contribution in [-0.2, 0) is 12.6 Å². The summed E-state index contributed by atoms with van der Waals surface area (Å²) in [6.45, 7) is 5.22. The van der Waals surface area contributed by atoms with Gasteiger partial charge in [-0.25, -0.2) is 4.98 Å². The van der Waals surface area contributed by atoms with Gasteiger partial charge < -0.3 is 15.5 Å². The van der Waals surface area contributed by atoms with Crippen LogP contribution in [0.3, 0.4) is 0 Å². The summed E-state index contributed by atoms with van der Waals surface area (Å²) in [6, 6.07) is 6.73. The Kier molecular flexibility index (Phi) is 7.01. The first-order valence-corrected chi connectivity index (χ1v) is 8.91. The number of nitrogens with one attached hydrogen (secondary N) is 2. The highest BCUT2D eigenvalue weighted by Crippen LogP contribution is 2.31. The second-order valence-corrected chi connectivity index (χ2v) is 6.63.